The Morgan fingerprint density at radius 2 is 2.12 bits per heavy atom. The summed E-state index contributed by atoms with van der Waals surface area (Å²) in [5.74, 6) is -0.513. The molecule has 2 atom stereocenters. The zero-order valence-corrected chi connectivity index (χ0v) is 10.8. The van der Waals surface area contributed by atoms with Gasteiger partial charge in [0.2, 0.25) is 0 Å². The van der Waals surface area contributed by atoms with Crippen molar-refractivity contribution in [1.82, 2.24) is 9.80 Å². The maximum absolute atomic E-state index is 11.3. The molecule has 0 spiro atoms. The van der Waals surface area contributed by atoms with Crippen LogP contribution in [0.4, 0.5) is 0 Å². The van der Waals surface area contributed by atoms with Crippen molar-refractivity contribution in [2.75, 3.05) is 27.2 Å². The molecule has 0 saturated carbocycles. The molecule has 1 heterocycles. The molecule has 2 unspecified atom stereocenters. The molecule has 0 aromatic carbocycles. The molecule has 4 heteroatoms. The lowest BCUT2D eigenvalue weighted by atomic mass is 10.0. The summed E-state index contributed by atoms with van der Waals surface area (Å²) in [5, 5.41) is 9.30. The summed E-state index contributed by atoms with van der Waals surface area (Å²) in [4.78, 5) is 15.6. The molecule has 1 saturated heterocycles. The van der Waals surface area contributed by atoms with Gasteiger partial charge in [-0.1, -0.05) is 13.8 Å². The summed E-state index contributed by atoms with van der Waals surface area (Å²) < 4.78 is 0. The molecule has 4 nitrogen and oxygen atoms in total. The summed E-state index contributed by atoms with van der Waals surface area (Å²) in [6.45, 7) is 5.86. The van der Waals surface area contributed by atoms with E-state index in [0.29, 0.717) is 6.04 Å². The largest absolute Gasteiger partial charge is 0.480 e. The molecule has 0 aliphatic carbocycles. The monoisotopic (exact) mass is 228 g/mol. The maximum atomic E-state index is 11.3. The van der Waals surface area contributed by atoms with E-state index in [0.717, 1.165) is 25.9 Å². The number of carbonyl (C=O) groups is 1. The van der Waals surface area contributed by atoms with E-state index in [1.165, 1.54) is 0 Å². The molecule has 1 fully saturated rings. The summed E-state index contributed by atoms with van der Waals surface area (Å²) in [6.07, 6.45) is 2.24. The van der Waals surface area contributed by atoms with Gasteiger partial charge in [-0.25, -0.2) is 0 Å². The summed E-state index contributed by atoms with van der Waals surface area (Å²) in [5.41, 5.74) is 0. The Kier molecular flexibility index (Phi) is 4.74. The Morgan fingerprint density at radius 3 is 2.56 bits per heavy atom. The first-order chi connectivity index (χ1) is 7.43. The normalized spacial score (nSPS) is 24.2. The average molecular weight is 228 g/mol. The van der Waals surface area contributed by atoms with Crippen LogP contribution in [-0.4, -0.2) is 60.1 Å². The third kappa shape index (κ3) is 3.19. The number of likely N-dealkylation sites (N-methyl/N-ethyl adjacent to an activating group) is 1. The van der Waals surface area contributed by atoms with Gasteiger partial charge in [0.05, 0.1) is 0 Å². The fourth-order valence-electron chi connectivity index (χ4n) is 2.65. The van der Waals surface area contributed by atoms with Crippen LogP contribution in [0, 0.1) is 5.92 Å². The van der Waals surface area contributed by atoms with E-state index < -0.39 is 5.97 Å². The first kappa shape index (κ1) is 13.5. The number of rotatable bonds is 5. The third-order valence-corrected chi connectivity index (χ3v) is 3.24. The second-order valence-electron chi connectivity index (χ2n) is 5.32. The standard InChI is InChI=1S/C12H24N2O2/c1-9(2)11(12(15)16)14-7-5-6-10(14)8-13(3)4/h9-11H,5-8H2,1-4H3,(H,15,16). The minimum atomic E-state index is -0.680. The second-order valence-corrected chi connectivity index (χ2v) is 5.32. The minimum absolute atomic E-state index is 0.167. The Hall–Kier alpha value is -0.610. The average Bonchev–Trinajstić information content (AvgIpc) is 2.50. The zero-order valence-electron chi connectivity index (χ0n) is 10.8. The van der Waals surface area contributed by atoms with E-state index in [1.54, 1.807) is 0 Å². The van der Waals surface area contributed by atoms with Crippen LogP contribution in [0.5, 0.6) is 0 Å². The van der Waals surface area contributed by atoms with E-state index in [-0.39, 0.29) is 12.0 Å². The van der Waals surface area contributed by atoms with Crippen molar-refractivity contribution in [3.63, 3.8) is 0 Å². The highest BCUT2D eigenvalue weighted by atomic mass is 16.4. The molecule has 1 aliphatic rings. The first-order valence-electron chi connectivity index (χ1n) is 6.06. The molecule has 1 rings (SSSR count). The quantitative estimate of drug-likeness (QED) is 0.766. The number of carboxylic acids is 1. The lowest BCUT2D eigenvalue weighted by Crippen LogP contribution is -2.49. The number of nitrogens with zero attached hydrogens (tertiary/aromatic N) is 2. The highest BCUT2D eigenvalue weighted by molar-refractivity contribution is 5.73. The lowest BCUT2D eigenvalue weighted by molar-refractivity contribution is -0.145. The van der Waals surface area contributed by atoms with Gasteiger partial charge in [-0.3, -0.25) is 9.69 Å². The van der Waals surface area contributed by atoms with E-state index in [1.807, 2.05) is 27.9 Å². The van der Waals surface area contributed by atoms with Crippen molar-refractivity contribution in [2.24, 2.45) is 5.92 Å². The highest BCUT2D eigenvalue weighted by Gasteiger charge is 2.36. The van der Waals surface area contributed by atoms with Gasteiger partial charge in [-0.2, -0.15) is 0 Å². The van der Waals surface area contributed by atoms with Gasteiger partial charge < -0.3 is 10.0 Å². The molecule has 1 aliphatic heterocycles. The molecule has 1 N–H and O–H groups in total. The molecule has 0 amide bonds. The Bertz CT molecular complexity index is 241. The van der Waals surface area contributed by atoms with E-state index in [4.69, 9.17) is 0 Å². The summed E-state index contributed by atoms with van der Waals surface area (Å²) in [6, 6.07) is 0.0750. The number of hydrogen-bond acceptors (Lipinski definition) is 3. The molecule has 0 radical (unpaired) electrons. The predicted molar refractivity (Wildman–Crippen MR) is 64.5 cm³/mol. The summed E-state index contributed by atoms with van der Waals surface area (Å²) in [7, 11) is 4.09. The molecule has 0 aromatic heterocycles. The number of likely N-dealkylation sites (tertiary alicyclic amines) is 1. The van der Waals surface area contributed by atoms with Crippen molar-refractivity contribution >= 4 is 5.97 Å². The van der Waals surface area contributed by atoms with E-state index in [2.05, 4.69) is 9.80 Å². The molecule has 0 bridgehead atoms. The van der Waals surface area contributed by atoms with Gasteiger partial charge in [0.15, 0.2) is 0 Å². The van der Waals surface area contributed by atoms with Crippen LogP contribution < -0.4 is 0 Å². The maximum Gasteiger partial charge on any atom is 0.321 e. The van der Waals surface area contributed by atoms with E-state index in [9.17, 15) is 9.90 Å². The second kappa shape index (κ2) is 5.64. The molecular weight excluding hydrogens is 204 g/mol. The van der Waals surface area contributed by atoms with Crippen molar-refractivity contribution < 1.29 is 9.90 Å². The van der Waals surface area contributed by atoms with Gasteiger partial charge in [0.1, 0.15) is 6.04 Å². The van der Waals surface area contributed by atoms with Crippen LogP contribution >= 0.6 is 0 Å². The topological polar surface area (TPSA) is 43.8 Å². The van der Waals surface area contributed by atoms with Crippen molar-refractivity contribution in [3.05, 3.63) is 0 Å². The van der Waals surface area contributed by atoms with Crippen molar-refractivity contribution in [1.29, 1.82) is 0 Å². The smallest absolute Gasteiger partial charge is 0.321 e. The van der Waals surface area contributed by atoms with E-state index >= 15 is 0 Å². The van der Waals surface area contributed by atoms with Gasteiger partial charge in [-0.15, -0.1) is 0 Å². The van der Waals surface area contributed by atoms with Crippen molar-refractivity contribution in [2.45, 2.75) is 38.8 Å². The zero-order chi connectivity index (χ0) is 12.3. The van der Waals surface area contributed by atoms with Gasteiger partial charge >= 0.3 is 5.97 Å². The molecule has 94 valence electrons. The number of aliphatic carboxylic acids is 1. The molecular formula is C12H24N2O2. The minimum Gasteiger partial charge on any atom is -0.480 e. The first-order valence-corrected chi connectivity index (χ1v) is 6.06. The van der Waals surface area contributed by atoms with Crippen molar-refractivity contribution in [3.8, 4) is 0 Å². The van der Waals surface area contributed by atoms with Gasteiger partial charge in [-0.05, 0) is 39.4 Å². The van der Waals surface area contributed by atoms with Crippen LogP contribution in [0.2, 0.25) is 0 Å². The molecule has 16 heavy (non-hydrogen) atoms. The fraction of sp³-hybridized carbons (Fsp3) is 0.917. The van der Waals surface area contributed by atoms with Crippen LogP contribution in [0.25, 0.3) is 0 Å². The van der Waals surface area contributed by atoms with Crippen LogP contribution in [0.15, 0.2) is 0 Å². The summed E-state index contributed by atoms with van der Waals surface area (Å²) >= 11 is 0. The fourth-order valence-corrected chi connectivity index (χ4v) is 2.65. The third-order valence-electron chi connectivity index (χ3n) is 3.24. The van der Waals surface area contributed by atoms with Crippen LogP contribution in [0.1, 0.15) is 26.7 Å². The van der Waals surface area contributed by atoms with Crippen LogP contribution in [0.3, 0.4) is 0 Å². The molecule has 0 aromatic rings. The Morgan fingerprint density at radius 1 is 1.50 bits per heavy atom. The predicted octanol–water partition coefficient (Wildman–Crippen LogP) is 1.12. The Labute approximate surface area is 98.2 Å². The number of hydrogen-bond donors (Lipinski definition) is 1. The highest BCUT2D eigenvalue weighted by Crippen LogP contribution is 2.24. The lowest BCUT2D eigenvalue weighted by Gasteiger charge is -2.34. The number of carboxylic acid groups (broad SMARTS) is 1. The Balaban J connectivity index is 2.71. The SMILES string of the molecule is CC(C)C(C(=O)O)N1CCCC1CN(C)C. The van der Waals surface area contributed by atoms with Gasteiger partial charge in [0, 0.05) is 12.6 Å². The van der Waals surface area contributed by atoms with Crippen LogP contribution in [-0.2, 0) is 4.79 Å². The van der Waals surface area contributed by atoms with Gasteiger partial charge in [0.25, 0.3) is 0 Å².